The SMILES string of the molecule is COc1cnc(Nc2cc(C)n(C)n2)nc1-c1c[nH]c2c(NC(=O)CN3CC[C@H](Oc4cnnc(NC5CC5)n4)C3)cccc12. The Morgan fingerprint density at radius 3 is 2.84 bits per heavy atom. The molecule has 1 saturated heterocycles. The minimum atomic E-state index is -0.115. The van der Waals surface area contributed by atoms with Crippen molar-refractivity contribution < 1.29 is 14.3 Å². The molecule has 1 aliphatic heterocycles. The van der Waals surface area contributed by atoms with Gasteiger partial charge in [-0.2, -0.15) is 10.1 Å². The van der Waals surface area contributed by atoms with Gasteiger partial charge in [-0.1, -0.05) is 12.1 Å². The van der Waals surface area contributed by atoms with E-state index in [9.17, 15) is 4.79 Å². The van der Waals surface area contributed by atoms with Gasteiger partial charge in [-0.3, -0.25) is 14.4 Å². The van der Waals surface area contributed by atoms with Gasteiger partial charge in [0.2, 0.25) is 23.7 Å². The van der Waals surface area contributed by atoms with E-state index in [1.54, 1.807) is 18.0 Å². The van der Waals surface area contributed by atoms with E-state index in [4.69, 9.17) is 14.5 Å². The fraction of sp³-hybridized carbons (Fsp3) is 0.367. The maximum atomic E-state index is 13.1. The van der Waals surface area contributed by atoms with Crippen molar-refractivity contribution in [2.45, 2.75) is 38.3 Å². The fourth-order valence-corrected chi connectivity index (χ4v) is 5.38. The molecule has 5 heterocycles. The molecule has 1 amide bonds. The number of ether oxygens (including phenoxy) is 2. The first-order valence-corrected chi connectivity index (χ1v) is 14.9. The Morgan fingerprint density at radius 1 is 1.16 bits per heavy atom. The number of rotatable bonds is 11. The number of hydrogen-bond acceptors (Lipinski definition) is 12. The van der Waals surface area contributed by atoms with Crippen LogP contribution < -0.4 is 25.4 Å². The number of hydrogen-bond donors (Lipinski definition) is 4. The third-order valence-corrected chi connectivity index (χ3v) is 7.90. The Balaban J connectivity index is 1.02. The Kier molecular flexibility index (Phi) is 7.59. The van der Waals surface area contributed by atoms with Gasteiger partial charge in [0.15, 0.2) is 11.6 Å². The van der Waals surface area contributed by atoms with Gasteiger partial charge >= 0.3 is 0 Å². The molecule has 1 saturated carbocycles. The molecular formula is C30H34N12O3. The number of likely N-dealkylation sites (tertiary alicyclic amines) is 1. The van der Waals surface area contributed by atoms with Crippen molar-refractivity contribution in [3.63, 3.8) is 0 Å². The second-order valence-electron chi connectivity index (χ2n) is 11.3. The molecule has 1 aromatic carbocycles. The number of nitrogens with one attached hydrogen (secondary N) is 4. The van der Waals surface area contributed by atoms with E-state index >= 15 is 0 Å². The Hall–Kier alpha value is -5.31. The lowest BCUT2D eigenvalue weighted by molar-refractivity contribution is -0.117. The monoisotopic (exact) mass is 610 g/mol. The summed E-state index contributed by atoms with van der Waals surface area (Å²) >= 11 is 0. The van der Waals surface area contributed by atoms with E-state index in [1.165, 1.54) is 6.20 Å². The first-order chi connectivity index (χ1) is 21.9. The minimum absolute atomic E-state index is 0.0819. The van der Waals surface area contributed by atoms with Crippen molar-refractivity contribution in [3.8, 4) is 22.9 Å². The zero-order valence-corrected chi connectivity index (χ0v) is 25.2. The van der Waals surface area contributed by atoms with Gasteiger partial charge in [0.1, 0.15) is 18.0 Å². The molecule has 2 aliphatic rings. The van der Waals surface area contributed by atoms with Crippen LogP contribution in [0.1, 0.15) is 25.0 Å². The summed E-state index contributed by atoms with van der Waals surface area (Å²) in [5.41, 5.74) is 3.88. The quantitative estimate of drug-likeness (QED) is 0.172. The van der Waals surface area contributed by atoms with Gasteiger partial charge in [0.25, 0.3) is 0 Å². The maximum absolute atomic E-state index is 13.1. The summed E-state index contributed by atoms with van der Waals surface area (Å²) in [6.07, 6.45) is 7.95. The Bertz CT molecular complexity index is 1830. The zero-order chi connectivity index (χ0) is 30.9. The number of H-pyrrole nitrogens is 1. The number of anilines is 4. The van der Waals surface area contributed by atoms with Crippen LogP contribution >= 0.6 is 0 Å². The van der Waals surface area contributed by atoms with Crippen LogP contribution in [-0.2, 0) is 11.8 Å². The number of fused-ring (bicyclic) bond motifs is 1. The molecule has 45 heavy (non-hydrogen) atoms. The highest BCUT2D eigenvalue weighted by Gasteiger charge is 2.27. The maximum Gasteiger partial charge on any atom is 0.246 e. The van der Waals surface area contributed by atoms with Crippen molar-refractivity contribution in [1.29, 1.82) is 0 Å². The second-order valence-corrected chi connectivity index (χ2v) is 11.3. The standard InChI is InChI=1S/C30H34N12O3/c1-17-11-24(40-41(17)2)36-29-32-13-23(44-3)28(38-29)21-12-31-27-20(21)5-4-6-22(27)35-25(43)16-42-10-9-19(15-42)45-26-14-33-39-30(37-26)34-18-7-8-18/h4-6,11-14,18-19,31H,7-10,15-16H2,1-3H3,(H,35,43)(H,34,37,39)(H,32,36,38,40)/t19-/m0/s1. The molecular weight excluding hydrogens is 576 g/mol. The molecule has 15 heteroatoms. The average molecular weight is 611 g/mol. The van der Waals surface area contributed by atoms with Gasteiger partial charge in [-0.25, -0.2) is 9.97 Å². The van der Waals surface area contributed by atoms with Crippen LogP contribution in [0, 0.1) is 6.92 Å². The molecule has 1 atom stereocenters. The van der Waals surface area contributed by atoms with Crippen LogP contribution in [-0.4, -0.2) is 89.6 Å². The first-order valence-electron chi connectivity index (χ1n) is 14.9. The van der Waals surface area contributed by atoms with Crippen molar-refractivity contribution in [2.24, 2.45) is 7.05 Å². The van der Waals surface area contributed by atoms with Crippen LogP contribution in [0.15, 0.2) is 42.9 Å². The van der Waals surface area contributed by atoms with Gasteiger partial charge in [0, 0.05) is 55.1 Å². The normalized spacial score (nSPS) is 16.6. The number of methoxy groups -OCH3 is 1. The average Bonchev–Trinajstić information content (AvgIpc) is 3.40. The number of benzene rings is 1. The van der Waals surface area contributed by atoms with E-state index in [0.717, 1.165) is 48.0 Å². The van der Waals surface area contributed by atoms with E-state index in [1.807, 2.05) is 44.4 Å². The molecule has 7 rings (SSSR count). The number of amides is 1. The predicted molar refractivity (Wildman–Crippen MR) is 168 cm³/mol. The smallest absolute Gasteiger partial charge is 0.246 e. The van der Waals surface area contributed by atoms with Gasteiger partial charge in [0.05, 0.1) is 31.1 Å². The Morgan fingerprint density at radius 2 is 2.04 bits per heavy atom. The van der Waals surface area contributed by atoms with Crippen molar-refractivity contribution in [2.75, 3.05) is 42.7 Å². The molecule has 0 unspecified atom stereocenters. The summed E-state index contributed by atoms with van der Waals surface area (Å²) < 4.78 is 13.4. The zero-order valence-electron chi connectivity index (χ0n) is 25.2. The lowest BCUT2D eigenvalue weighted by Gasteiger charge is -2.16. The number of carbonyl (C=O) groups is 1. The lowest BCUT2D eigenvalue weighted by Crippen LogP contribution is -2.33. The van der Waals surface area contributed by atoms with Gasteiger partial charge in [-0.05, 0) is 32.3 Å². The second kappa shape index (κ2) is 12.0. The third-order valence-electron chi connectivity index (χ3n) is 7.90. The van der Waals surface area contributed by atoms with E-state index in [2.05, 4.69) is 51.1 Å². The van der Waals surface area contributed by atoms with Gasteiger partial charge in [-0.15, -0.1) is 10.2 Å². The minimum Gasteiger partial charge on any atom is -0.493 e. The fourth-order valence-electron chi connectivity index (χ4n) is 5.38. The predicted octanol–water partition coefficient (Wildman–Crippen LogP) is 3.27. The summed E-state index contributed by atoms with van der Waals surface area (Å²) in [6, 6.07) is 8.10. The highest BCUT2D eigenvalue weighted by atomic mass is 16.5. The topological polar surface area (TPSA) is 173 Å². The van der Waals surface area contributed by atoms with E-state index < -0.39 is 0 Å². The van der Waals surface area contributed by atoms with Gasteiger partial charge < -0.3 is 30.4 Å². The summed E-state index contributed by atoms with van der Waals surface area (Å²) in [4.78, 5) is 32.1. The highest BCUT2D eigenvalue weighted by Crippen LogP contribution is 2.36. The largest absolute Gasteiger partial charge is 0.493 e. The van der Waals surface area contributed by atoms with E-state index in [0.29, 0.717) is 53.3 Å². The summed E-state index contributed by atoms with van der Waals surface area (Å²) in [5, 5.41) is 22.8. The first kappa shape index (κ1) is 28.5. The Labute approximate surface area is 258 Å². The molecule has 0 spiro atoms. The van der Waals surface area contributed by atoms with Crippen molar-refractivity contribution in [3.05, 3.63) is 48.5 Å². The number of nitrogens with zero attached hydrogens (tertiary/aromatic N) is 8. The van der Waals surface area contributed by atoms with E-state index in [-0.39, 0.29) is 18.6 Å². The number of aromatic amines is 1. The highest BCUT2D eigenvalue weighted by molar-refractivity contribution is 6.06. The molecule has 232 valence electrons. The van der Waals surface area contributed by atoms with Crippen LogP contribution in [0.3, 0.4) is 0 Å². The van der Waals surface area contributed by atoms with Crippen LogP contribution in [0.2, 0.25) is 0 Å². The molecule has 1 aliphatic carbocycles. The van der Waals surface area contributed by atoms with Crippen LogP contribution in [0.4, 0.5) is 23.4 Å². The lowest BCUT2D eigenvalue weighted by atomic mass is 10.1. The van der Waals surface area contributed by atoms with Crippen LogP contribution in [0.25, 0.3) is 22.2 Å². The molecule has 4 N–H and O–H groups in total. The number of carbonyl (C=O) groups excluding carboxylic acids is 1. The summed E-state index contributed by atoms with van der Waals surface area (Å²) in [7, 11) is 3.46. The molecule has 4 aromatic heterocycles. The van der Waals surface area contributed by atoms with Crippen molar-refractivity contribution >= 4 is 40.2 Å². The molecule has 5 aromatic rings. The molecule has 0 bridgehead atoms. The summed E-state index contributed by atoms with van der Waals surface area (Å²) in [6.45, 7) is 3.56. The number of aromatic nitrogens is 8. The number of para-hydroxylation sites is 1. The molecule has 15 nitrogen and oxygen atoms in total. The van der Waals surface area contributed by atoms with Crippen LogP contribution in [0.5, 0.6) is 11.6 Å². The molecule has 0 radical (unpaired) electrons. The molecule has 2 fully saturated rings. The number of aryl methyl sites for hydroxylation is 2. The summed E-state index contributed by atoms with van der Waals surface area (Å²) in [5.74, 6) is 2.37. The third kappa shape index (κ3) is 6.33. The van der Waals surface area contributed by atoms with Crippen molar-refractivity contribution in [1.82, 2.24) is 44.8 Å².